The maximum absolute atomic E-state index is 13.0. The molecule has 3 aromatic carbocycles. The molecule has 0 fully saturated rings. The van der Waals surface area contributed by atoms with Crippen molar-refractivity contribution in [1.29, 1.82) is 0 Å². The van der Waals surface area contributed by atoms with Gasteiger partial charge in [0.25, 0.3) is 0 Å². The molecule has 3 nitrogen and oxygen atoms in total. The number of ether oxygens (including phenoxy) is 1. The zero-order chi connectivity index (χ0) is 21.2. The molecule has 0 aliphatic carbocycles. The van der Waals surface area contributed by atoms with E-state index < -0.39 is 0 Å². The van der Waals surface area contributed by atoms with Crippen LogP contribution in [-0.2, 0) is 30.7 Å². The first kappa shape index (κ1) is 21.6. The Morgan fingerprint density at radius 2 is 1.37 bits per heavy atom. The van der Waals surface area contributed by atoms with Crippen LogP contribution in [0.5, 0.6) is 0 Å². The molecule has 0 spiro atoms. The van der Waals surface area contributed by atoms with Crippen LogP contribution in [0.15, 0.2) is 84.9 Å². The number of nitrogens with zero attached hydrogens (tertiary/aromatic N) is 1. The molecule has 3 aromatic rings. The molecule has 0 heterocycles. The van der Waals surface area contributed by atoms with Gasteiger partial charge in [0.1, 0.15) is 6.61 Å². The Kier molecular flexibility index (Phi) is 8.08. The molecule has 156 valence electrons. The predicted octanol–water partition coefficient (Wildman–Crippen LogP) is 6.41. The Morgan fingerprint density at radius 3 is 1.97 bits per heavy atom. The number of amides is 1. The van der Waals surface area contributed by atoms with E-state index in [2.05, 4.69) is 38.1 Å². The van der Waals surface area contributed by atoms with Crippen molar-refractivity contribution in [2.75, 3.05) is 0 Å². The summed E-state index contributed by atoms with van der Waals surface area (Å²) in [6, 6.07) is 28.6. The summed E-state index contributed by atoms with van der Waals surface area (Å²) in [5.74, 6) is 0. The lowest BCUT2D eigenvalue weighted by Gasteiger charge is -2.29. The van der Waals surface area contributed by atoms with Crippen molar-refractivity contribution in [3.63, 3.8) is 0 Å². The maximum Gasteiger partial charge on any atom is 0.410 e. The summed E-state index contributed by atoms with van der Waals surface area (Å²) in [4.78, 5) is 14.8. The second kappa shape index (κ2) is 11.2. The summed E-state index contributed by atoms with van der Waals surface area (Å²) in [7, 11) is 0. The molecule has 0 N–H and O–H groups in total. The summed E-state index contributed by atoms with van der Waals surface area (Å²) in [5, 5.41) is 0. The molecular formula is C27H31NO2. The van der Waals surface area contributed by atoms with Crippen LogP contribution >= 0.6 is 0 Å². The van der Waals surface area contributed by atoms with Crippen LogP contribution in [0.1, 0.15) is 42.5 Å². The normalized spacial score (nSPS) is 11.7. The third-order valence-corrected chi connectivity index (χ3v) is 5.26. The Balaban J connectivity index is 1.69. The van der Waals surface area contributed by atoms with Crippen LogP contribution in [0.4, 0.5) is 4.79 Å². The SMILES string of the molecule is CCCc1ccc(CC(C)N(Cc2ccccc2)C(=O)OCc2ccccc2)cc1. The molecule has 0 aliphatic rings. The van der Waals surface area contributed by atoms with Crippen molar-refractivity contribution < 1.29 is 9.53 Å². The molecule has 1 unspecified atom stereocenters. The third kappa shape index (κ3) is 6.48. The molecule has 0 radical (unpaired) electrons. The number of carbonyl (C=O) groups is 1. The first-order valence-electron chi connectivity index (χ1n) is 10.7. The fraction of sp³-hybridized carbons (Fsp3) is 0.296. The van der Waals surface area contributed by atoms with Crippen LogP contribution in [0, 0.1) is 0 Å². The second-order valence-electron chi connectivity index (χ2n) is 7.77. The van der Waals surface area contributed by atoms with Crippen LogP contribution in [0.3, 0.4) is 0 Å². The van der Waals surface area contributed by atoms with E-state index in [0.29, 0.717) is 6.54 Å². The molecule has 30 heavy (non-hydrogen) atoms. The number of hydrogen-bond acceptors (Lipinski definition) is 2. The Morgan fingerprint density at radius 1 is 0.800 bits per heavy atom. The minimum absolute atomic E-state index is 0.0190. The summed E-state index contributed by atoms with van der Waals surface area (Å²) < 4.78 is 5.66. The Hall–Kier alpha value is -3.07. The summed E-state index contributed by atoms with van der Waals surface area (Å²) >= 11 is 0. The van der Waals surface area contributed by atoms with Crippen molar-refractivity contribution in [1.82, 2.24) is 4.90 Å². The average molecular weight is 402 g/mol. The highest BCUT2D eigenvalue weighted by atomic mass is 16.6. The van der Waals surface area contributed by atoms with E-state index >= 15 is 0 Å². The summed E-state index contributed by atoms with van der Waals surface area (Å²) in [6.07, 6.45) is 2.76. The van der Waals surface area contributed by atoms with E-state index in [0.717, 1.165) is 30.4 Å². The largest absolute Gasteiger partial charge is 0.445 e. The van der Waals surface area contributed by atoms with Gasteiger partial charge in [0.05, 0.1) is 0 Å². The van der Waals surface area contributed by atoms with Gasteiger partial charge in [0, 0.05) is 12.6 Å². The van der Waals surface area contributed by atoms with Gasteiger partial charge in [-0.1, -0.05) is 98.3 Å². The van der Waals surface area contributed by atoms with Gasteiger partial charge in [-0.2, -0.15) is 0 Å². The highest BCUT2D eigenvalue weighted by Gasteiger charge is 2.22. The van der Waals surface area contributed by atoms with Crippen molar-refractivity contribution >= 4 is 6.09 Å². The van der Waals surface area contributed by atoms with E-state index in [1.165, 1.54) is 11.1 Å². The number of carbonyl (C=O) groups excluding carboxylic acids is 1. The Bertz CT molecular complexity index is 891. The van der Waals surface area contributed by atoms with Gasteiger partial charge in [0.15, 0.2) is 0 Å². The molecule has 3 rings (SSSR count). The molecule has 1 atom stereocenters. The van der Waals surface area contributed by atoms with E-state index in [4.69, 9.17) is 4.74 Å². The summed E-state index contributed by atoms with van der Waals surface area (Å²) in [6.45, 7) is 5.10. The van der Waals surface area contributed by atoms with E-state index in [-0.39, 0.29) is 18.7 Å². The smallest absolute Gasteiger partial charge is 0.410 e. The van der Waals surface area contributed by atoms with Crippen molar-refractivity contribution in [2.45, 2.75) is 52.3 Å². The van der Waals surface area contributed by atoms with Crippen molar-refractivity contribution in [2.24, 2.45) is 0 Å². The van der Waals surface area contributed by atoms with Crippen LogP contribution < -0.4 is 0 Å². The zero-order valence-corrected chi connectivity index (χ0v) is 18.0. The fourth-order valence-electron chi connectivity index (χ4n) is 3.56. The Labute approximate surface area is 180 Å². The standard InChI is InChI=1S/C27H31NO2/c1-3-10-23-15-17-24(18-16-23)19-22(2)28(20-25-11-6-4-7-12-25)27(29)30-21-26-13-8-5-9-14-26/h4-9,11-18,22H,3,10,19-21H2,1-2H3. The summed E-state index contributed by atoms with van der Waals surface area (Å²) in [5.41, 5.74) is 4.68. The molecule has 1 amide bonds. The van der Waals surface area contributed by atoms with E-state index in [1.807, 2.05) is 65.6 Å². The highest BCUT2D eigenvalue weighted by Crippen LogP contribution is 2.16. The molecule has 0 saturated heterocycles. The van der Waals surface area contributed by atoms with E-state index in [1.54, 1.807) is 0 Å². The number of aryl methyl sites for hydroxylation is 1. The van der Waals surface area contributed by atoms with Gasteiger partial charge in [-0.25, -0.2) is 4.79 Å². The van der Waals surface area contributed by atoms with Gasteiger partial charge in [0.2, 0.25) is 0 Å². The fourth-order valence-corrected chi connectivity index (χ4v) is 3.56. The van der Waals surface area contributed by atoms with Crippen molar-refractivity contribution in [3.8, 4) is 0 Å². The van der Waals surface area contributed by atoms with Crippen molar-refractivity contribution in [3.05, 3.63) is 107 Å². The minimum Gasteiger partial charge on any atom is -0.445 e. The molecule has 0 aliphatic heterocycles. The maximum atomic E-state index is 13.0. The molecule has 0 saturated carbocycles. The van der Waals surface area contributed by atoms with Gasteiger partial charge in [-0.05, 0) is 42.0 Å². The molecule has 3 heteroatoms. The number of benzene rings is 3. The molecular weight excluding hydrogens is 370 g/mol. The van der Waals surface area contributed by atoms with Gasteiger partial charge in [-0.15, -0.1) is 0 Å². The van der Waals surface area contributed by atoms with Crippen LogP contribution in [0.25, 0.3) is 0 Å². The number of hydrogen-bond donors (Lipinski definition) is 0. The monoisotopic (exact) mass is 401 g/mol. The van der Waals surface area contributed by atoms with Crippen LogP contribution in [-0.4, -0.2) is 17.0 Å². The lowest BCUT2D eigenvalue weighted by atomic mass is 10.0. The van der Waals surface area contributed by atoms with Crippen LogP contribution in [0.2, 0.25) is 0 Å². The zero-order valence-electron chi connectivity index (χ0n) is 18.0. The predicted molar refractivity (Wildman–Crippen MR) is 122 cm³/mol. The number of rotatable bonds is 9. The second-order valence-corrected chi connectivity index (χ2v) is 7.77. The van der Waals surface area contributed by atoms with Gasteiger partial charge >= 0.3 is 6.09 Å². The third-order valence-electron chi connectivity index (χ3n) is 5.26. The van der Waals surface area contributed by atoms with E-state index in [9.17, 15) is 4.79 Å². The molecule has 0 aromatic heterocycles. The van der Waals surface area contributed by atoms with Gasteiger partial charge in [-0.3, -0.25) is 0 Å². The minimum atomic E-state index is -0.280. The topological polar surface area (TPSA) is 29.5 Å². The van der Waals surface area contributed by atoms with Gasteiger partial charge < -0.3 is 9.64 Å². The molecule has 0 bridgehead atoms. The average Bonchev–Trinajstić information content (AvgIpc) is 2.78. The first-order valence-corrected chi connectivity index (χ1v) is 10.7. The first-order chi connectivity index (χ1) is 14.7. The lowest BCUT2D eigenvalue weighted by Crippen LogP contribution is -2.39. The quantitative estimate of drug-likeness (QED) is 0.415. The lowest BCUT2D eigenvalue weighted by molar-refractivity contribution is 0.0799. The highest BCUT2D eigenvalue weighted by molar-refractivity contribution is 5.68.